The number of epoxide rings is 1. The maximum absolute atomic E-state index is 6.67. The second-order valence-electron chi connectivity index (χ2n) is 7.65. The lowest BCUT2D eigenvalue weighted by Gasteiger charge is -2.51. The molecule has 2 atom stereocenters. The van der Waals surface area contributed by atoms with Crippen molar-refractivity contribution in [2.24, 2.45) is 0 Å². The highest BCUT2D eigenvalue weighted by Gasteiger charge is 2.51. The molecule has 2 unspecified atom stereocenters. The van der Waals surface area contributed by atoms with Crippen LogP contribution in [0.5, 0.6) is 0 Å². The first-order valence-electron chi connectivity index (χ1n) is 7.56. The van der Waals surface area contributed by atoms with Crippen LogP contribution in [0, 0.1) is 0 Å². The first-order chi connectivity index (χ1) is 8.24. The quantitative estimate of drug-likeness (QED) is 0.431. The summed E-state index contributed by atoms with van der Waals surface area (Å²) in [5, 5.41) is 0. The van der Waals surface area contributed by atoms with Crippen molar-refractivity contribution >= 4 is 15.4 Å². The van der Waals surface area contributed by atoms with E-state index in [4.69, 9.17) is 9.16 Å². The molecule has 2 saturated heterocycles. The summed E-state index contributed by atoms with van der Waals surface area (Å²) in [4.78, 5) is 0. The molecule has 2 heterocycles. The van der Waals surface area contributed by atoms with Gasteiger partial charge in [-0.3, -0.25) is 0 Å². The van der Waals surface area contributed by atoms with Crippen molar-refractivity contribution in [3.05, 3.63) is 0 Å². The van der Waals surface area contributed by atoms with E-state index in [1.54, 1.807) is 0 Å². The summed E-state index contributed by atoms with van der Waals surface area (Å²) < 4.78 is 11.9. The van der Waals surface area contributed by atoms with Gasteiger partial charge in [0.2, 0.25) is 0 Å². The van der Waals surface area contributed by atoms with Gasteiger partial charge in [-0.2, -0.15) is 0 Å². The lowest BCUT2D eigenvalue weighted by Crippen LogP contribution is -2.64. The van der Waals surface area contributed by atoms with E-state index in [9.17, 15) is 0 Å². The lowest BCUT2D eigenvalue weighted by atomic mass is 9.95. The Morgan fingerprint density at radius 2 is 1.83 bits per heavy atom. The molecule has 0 spiro atoms. The summed E-state index contributed by atoms with van der Waals surface area (Å²) >= 11 is 0. The Morgan fingerprint density at radius 1 is 1.17 bits per heavy atom. The minimum absolute atomic E-state index is 0.183. The molecule has 2 rings (SSSR count). The third-order valence-electron chi connectivity index (χ3n) is 5.29. The molecule has 2 aliphatic rings. The van der Waals surface area contributed by atoms with Gasteiger partial charge in [-0.1, -0.05) is 32.0 Å². The van der Waals surface area contributed by atoms with Gasteiger partial charge in [0.15, 0.2) is 7.83 Å². The first-order valence-corrected chi connectivity index (χ1v) is 14.7. The number of rotatable bonds is 5. The summed E-state index contributed by atoms with van der Waals surface area (Å²) in [6.45, 7) is 13.3. The molecule has 106 valence electrons. The average molecular weight is 287 g/mol. The zero-order valence-electron chi connectivity index (χ0n) is 12.8. The Balaban J connectivity index is 1.79. The maximum Gasteiger partial charge on any atom is 0.174 e. The largest absolute Gasteiger partial charge is 0.415 e. The normalized spacial score (nSPS) is 37.5. The fraction of sp³-hybridized carbons (Fsp3) is 1.00. The van der Waals surface area contributed by atoms with Crippen molar-refractivity contribution in [2.75, 3.05) is 6.61 Å². The molecule has 0 aliphatic carbocycles. The standard InChI is InChI=1S/C14H30O2Si2/c1-14(9-7-6-8-13-12-15-13)10-11-17(2,3)18(4,5)16-14/h13H,6-12H2,1-5H3. The Hall–Kier alpha value is 0.354. The number of unbranched alkanes of at least 4 members (excludes halogenated alkanes) is 1. The van der Waals surface area contributed by atoms with E-state index >= 15 is 0 Å². The summed E-state index contributed by atoms with van der Waals surface area (Å²) in [6.07, 6.45) is 7.03. The van der Waals surface area contributed by atoms with Gasteiger partial charge in [-0.05, 0) is 39.3 Å². The number of hydrogen-bond donors (Lipinski definition) is 0. The van der Waals surface area contributed by atoms with E-state index in [2.05, 4.69) is 33.1 Å². The molecule has 4 heteroatoms. The van der Waals surface area contributed by atoms with Crippen LogP contribution in [0.3, 0.4) is 0 Å². The van der Waals surface area contributed by atoms with Gasteiger partial charge in [0.1, 0.15) is 0 Å². The molecule has 0 N–H and O–H groups in total. The van der Waals surface area contributed by atoms with Crippen molar-refractivity contribution in [1.82, 2.24) is 0 Å². The summed E-state index contributed by atoms with van der Waals surface area (Å²) in [6, 6.07) is 1.47. The fourth-order valence-electron chi connectivity index (χ4n) is 2.96. The summed E-state index contributed by atoms with van der Waals surface area (Å²) in [7, 11) is -2.47. The predicted molar refractivity (Wildman–Crippen MR) is 82.1 cm³/mol. The second-order valence-corrected chi connectivity index (χ2v) is 22.8. The van der Waals surface area contributed by atoms with Crippen LogP contribution in [-0.2, 0) is 9.16 Å². The van der Waals surface area contributed by atoms with E-state index in [1.165, 1.54) is 38.1 Å². The zero-order chi connectivity index (χ0) is 13.4. The third kappa shape index (κ3) is 3.47. The average Bonchev–Trinajstić information content (AvgIpc) is 3.03. The molecule has 0 aromatic rings. The molecule has 0 saturated carbocycles. The highest BCUT2D eigenvalue weighted by molar-refractivity contribution is 7.38. The molecule has 0 aromatic carbocycles. The van der Waals surface area contributed by atoms with Gasteiger partial charge in [-0.15, -0.1) is 0 Å². The monoisotopic (exact) mass is 286 g/mol. The highest BCUT2D eigenvalue weighted by atomic mass is 29.3. The highest BCUT2D eigenvalue weighted by Crippen LogP contribution is 2.41. The topological polar surface area (TPSA) is 21.8 Å². The van der Waals surface area contributed by atoms with Crippen LogP contribution >= 0.6 is 0 Å². The first kappa shape index (κ1) is 14.8. The van der Waals surface area contributed by atoms with Crippen molar-refractivity contribution in [2.45, 2.75) is 83.0 Å². The van der Waals surface area contributed by atoms with Crippen LogP contribution in [0.2, 0.25) is 32.2 Å². The van der Waals surface area contributed by atoms with Gasteiger partial charge in [0.05, 0.1) is 25.9 Å². The molecule has 0 bridgehead atoms. The molecule has 2 fully saturated rings. The summed E-state index contributed by atoms with van der Waals surface area (Å²) in [5.41, 5.74) is 0.183. The van der Waals surface area contributed by atoms with Crippen LogP contribution in [0.25, 0.3) is 0 Å². The number of hydrogen-bond acceptors (Lipinski definition) is 2. The van der Waals surface area contributed by atoms with Crippen molar-refractivity contribution < 1.29 is 9.16 Å². The van der Waals surface area contributed by atoms with Gasteiger partial charge in [-0.25, -0.2) is 0 Å². The van der Waals surface area contributed by atoms with Crippen molar-refractivity contribution in [3.63, 3.8) is 0 Å². The molecule has 2 nitrogen and oxygen atoms in total. The van der Waals surface area contributed by atoms with Crippen LogP contribution < -0.4 is 0 Å². The SMILES string of the molecule is CC1(CCCCC2CO2)CC[Si](C)(C)[Si](C)(C)O1. The molecular weight excluding hydrogens is 256 g/mol. The molecule has 0 radical (unpaired) electrons. The van der Waals surface area contributed by atoms with E-state index < -0.39 is 15.4 Å². The van der Waals surface area contributed by atoms with E-state index in [0.29, 0.717) is 6.10 Å². The molecule has 0 aromatic heterocycles. The van der Waals surface area contributed by atoms with Crippen LogP contribution in [0.15, 0.2) is 0 Å². The van der Waals surface area contributed by atoms with Gasteiger partial charge in [0.25, 0.3) is 0 Å². The Morgan fingerprint density at radius 3 is 2.39 bits per heavy atom. The van der Waals surface area contributed by atoms with Crippen molar-refractivity contribution in [3.8, 4) is 0 Å². The number of ether oxygens (including phenoxy) is 1. The second kappa shape index (κ2) is 5.04. The molecule has 2 aliphatic heterocycles. The van der Waals surface area contributed by atoms with Gasteiger partial charge in [0, 0.05) is 0 Å². The van der Waals surface area contributed by atoms with Gasteiger partial charge < -0.3 is 9.16 Å². The Kier molecular flexibility index (Phi) is 4.13. The van der Waals surface area contributed by atoms with Crippen molar-refractivity contribution in [1.29, 1.82) is 0 Å². The molecule has 0 amide bonds. The van der Waals surface area contributed by atoms with E-state index in [1.807, 2.05) is 0 Å². The van der Waals surface area contributed by atoms with Crippen LogP contribution in [0.4, 0.5) is 0 Å². The van der Waals surface area contributed by atoms with E-state index in [-0.39, 0.29) is 5.60 Å². The molecular formula is C14H30O2Si2. The Bertz CT molecular complexity index is 300. The minimum Gasteiger partial charge on any atom is -0.415 e. The van der Waals surface area contributed by atoms with Crippen LogP contribution in [0.1, 0.15) is 39.0 Å². The maximum atomic E-state index is 6.67. The Labute approximate surface area is 114 Å². The molecule has 18 heavy (non-hydrogen) atoms. The lowest BCUT2D eigenvalue weighted by molar-refractivity contribution is 0.0604. The third-order valence-corrected chi connectivity index (χ3v) is 21.9. The van der Waals surface area contributed by atoms with Gasteiger partial charge >= 0.3 is 0 Å². The zero-order valence-corrected chi connectivity index (χ0v) is 14.8. The predicted octanol–water partition coefficient (Wildman–Crippen LogP) is 4.12. The van der Waals surface area contributed by atoms with Crippen LogP contribution in [-0.4, -0.2) is 33.7 Å². The fourth-order valence-corrected chi connectivity index (χ4v) is 10.2. The minimum atomic E-state index is -1.41. The smallest absolute Gasteiger partial charge is 0.174 e. The summed E-state index contributed by atoms with van der Waals surface area (Å²) in [5.74, 6) is 0. The van der Waals surface area contributed by atoms with E-state index in [0.717, 1.165) is 6.61 Å².